The van der Waals surface area contributed by atoms with Crippen LogP contribution in [0.1, 0.15) is 43.9 Å². The molecule has 3 N–H and O–H groups in total. The van der Waals surface area contributed by atoms with Gasteiger partial charge in [0.05, 0.1) is 42.9 Å². The molecule has 6 rings (SSSR count). The molecule has 1 aliphatic rings. The number of carbonyl (C=O) groups is 2. The van der Waals surface area contributed by atoms with Crippen LogP contribution >= 0.6 is 0 Å². The van der Waals surface area contributed by atoms with E-state index in [-0.39, 0.29) is 12.5 Å². The number of benzene rings is 3. The van der Waals surface area contributed by atoms with Crippen molar-refractivity contribution in [1.29, 1.82) is 0 Å². The van der Waals surface area contributed by atoms with Crippen molar-refractivity contribution < 1.29 is 9.59 Å². The van der Waals surface area contributed by atoms with Gasteiger partial charge in [-0.1, -0.05) is 55.5 Å². The van der Waals surface area contributed by atoms with Crippen molar-refractivity contribution in [2.24, 2.45) is 0 Å². The van der Waals surface area contributed by atoms with Crippen LogP contribution in [0.15, 0.2) is 73.1 Å². The fourth-order valence-electron chi connectivity index (χ4n) is 5.92. The Morgan fingerprint density at radius 2 is 1.63 bits per heavy atom. The number of likely N-dealkylation sites (tertiary alicyclic amines) is 1. The molecule has 1 fully saturated rings. The molecule has 1 unspecified atom stereocenters. The Kier molecular flexibility index (Phi) is 8.33. The number of carbonyl (C=O) groups excluding carboxylic acids is 2. The number of fused-ring (bicyclic) bond motifs is 1. The maximum atomic E-state index is 12.4. The van der Waals surface area contributed by atoms with Gasteiger partial charge in [0.1, 0.15) is 11.6 Å². The zero-order valence-electron chi connectivity index (χ0n) is 24.6. The number of rotatable bonds is 11. The normalized spacial score (nSPS) is 15.2. The molecule has 1 atom stereocenters. The number of aromatic nitrogens is 4. The highest BCUT2D eigenvalue weighted by Gasteiger charge is 2.25. The first-order valence-electron chi connectivity index (χ1n) is 14.9. The van der Waals surface area contributed by atoms with Gasteiger partial charge in [-0.25, -0.2) is 9.97 Å². The molecule has 220 valence electrons. The Morgan fingerprint density at radius 3 is 2.35 bits per heavy atom. The third-order valence-electron chi connectivity index (χ3n) is 8.26. The lowest BCUT2D eigenvalue weighted by Crippen LogP contribution is -2.38. The van der Waals surface area contributed by atoms with Crippen LogP contribution in [0.25, 0.3) is 44.4 Å². The van der Waals surface area contributed by atoms with Crippen LogP contribution < -0.4 is 5.32 Å². The lowest BCUT2D eigenvalue weighted by Gasteiger charge is -2.20. The first-order chi connectivity index (χ1) is 21.0. The summed E-state index contributed by atoms with van der Waals surface area (Å²) in [5.74, 6) is 1.63. The maximum absolute atomic E-state index is 12.4. The second-order valence-electron chi connectivity index (χ2n) is 11.2. The van der Waals surface area contributed by atoms with Gasteiger partial charge in [-0.2, -0.15) is 0 Å². The number of nitrogens with zero attached hydrogens (tertiary/aromatic N) is 4. The summed E-state index contributed by atoms with van der Waals surface area (Å²) in [5.41, 5.74) is 6.44. The molecule has 0 saturated carbocycles. The highest BCUT2D eigenvalue weighted by molar-refractivity contribution is 5.90. The SMILES string of the molecule is CCCN(Cc1ncc(-c2ccc3cc(-c4ccc(-c5cnc(C6CCCN6C)[nH]5)cc4)ccc3c2)[nH]1)C(=O)CNC=O. The number of hydrogen-bond donors (Lipinski definition) is 3. The Hall–Kier alpha value is -4.76. The zero-order chi connectivity index (χ0) is 29.8. The largest absolute Gasteiger partial charge is 0.350 e. The molecular formula is C34H37N7O2. The van der Waals surface area contributed by atoms with Gasteiger partial charge in [-0.15, -0.1) is 0 Å². The molecule has 43 heavy (non-hydrogen) atoms. The molecule has 2 amide bonds. The lowest BCUT2D eigenvalue weighted by molar-refractivity contribution is -0.132. The monoisotopic (exact) mass is 575 g/mol. The molecular weight excluding hydrogens is 538 g/mol. The number of amides is 2. The van der Waals surface area contributed by atoms with Crippen LogP contribution in [-0.4, -0.2) is 68.7 Å². The topological polar surface area (TPSA) is 110 Å². The average molecular weight is 576 g/mol. The van der Waals surface area contributed by atoms with Crippen molar-refractivity contribution in [3.05, 3.63) is 84.7 Å². The third kappa shape index (κ3) is 6.22. The number of aromatic amines is 2. The first kappa shape index (κ1) is 28.4. The van der Waals surface area contributed by atoms with E-state index in [1.165, 1.54) is 12.0 Å². The highest BCUT2D eigenvalue weighted by Crippen LogP contribution is 2.32. The van der Waals surface area contributed by atoms with E-state index in [1.807, 2.05) is 13.1 Å². The molecule has 1 saturated heterocycles. The standard InChI is InChI=1S/C34H37N7O2/c1-3-14-41(33(43)20-35-22-42)21-32-36-18-30(38-32)28-13-12-26-16-25(10-11-27(26)17-28)23-6-8-24(9-7-23)29-19-37-34(39-29)31-5-4-15-40(31)2/h6-13,16-19,22,31H,3-5,14-15,20-21H2,1-2H3,(H,35,42)(H,36,38)(H,37,39). The van der Waals surface area contributed by atoms with E-state index >= 15 is 0 Å². The average Bonchev–Trinajstić information content (AvgIpc) is 3.81. The molecule has 9 nitrogen and oxygen atoms in total. The molecule has 0 spiro atoms. The van der Waals surface area contributed by atoms with Crippen LogP contribution in [0.2, 0.25) is 0 Å². The smallest absolute Gasteiger partial charge is 0.242 e. The molecule has 5 aromatic rings. The Labute approximate surface area is 251 Å². The highest BCUT2D eigenvalue weighted by atomic mass is 16.2. The first-order valence-corrected chi connectivity index (χ1v) is 14.9. The van der Waals surface area contributed by atoms with Crippen molar-refractivity contribution >= 4 is 23.1 Å². The van der Waals surface area contributed by atoms with E-state index in [0.29, 0.717) is 31.4 Å². The summed E-state index contributed by atoms with van der Waals surface area (Å²) in [5, 5.41) is 4.74. The predicted molar refractivity (Wildman–Crippen MR) is 169 cm³/mol. The van der Waals surface area contributed by atoms with Crippen LogP contribution in [0.4, 0.5) is 0 Å². The van der Waals surface area contributed by atoms with Gasteiger partial charge in [0.2, 0.25) is 12.3 Å². The Morgan fingerprint density at radius 1 is 0.953 bits per heavy atom. The van der Waals surface area contributed by atoms with E-state index in [9.17, 15) is 9.59 Å². The van der Waals surface area contributed by atoms with Crippen molar-refractivity contribution in [1.82, 2.24) is 35.1 Å². The van der Waals surface area contributed by atoms with Crippen molar-refractivity contribution in [2.45, 2.75) is 38.8 Å². The third-order valence-corrected chi connectivity index (χ3v) is 8.26. The zero-order valence-corrected chi connectivity index (χ0v) is 24.6. The van der Waals surface area contributed by atoms with Crippen LogP contribution in [0.3, 0.4) is 0 Å². The summed E-state index contributed by atoms with van der Waals surface area (Å²) < 4.78 is 0. The Balaban J connectivity index is 1.15. The summed E-state index contributed by atoms with van der Waals surface area (Å²) in [6, 6.07) is 21.9. The fourth-order valence-corrected chi connectivity index (χ4v) is 5.92. The predicted octanol–water partition coefficient (Wildman–Crippen LogP) is 5.54. The number of nitrogens with one attached hydrogen (secondary N) is 3. The quantitative estimate of drug-likeness (QED) is 0.179. The molecule has 0 bridgehead atoms. The minimum Gasteiger partial charge on any atom is -0.350 e. The van der Waals surface area contributed by atoms with Gasteiger partial charge in [-0.05, 0) is 72.5 Å². The van der Waals surface area contributed by atoms with Crippen LogP contribution in [-0.2, 0) is 16.1 Å². The van der Waals surface area contributed by atoms with Gasteiger partial charge >= 0.3 is 0 Å². The van der Waals surface area contributed by atoms with E-state index in [1.54, 1.807) is 11.1 Å². The molecule has 0 radical (unpaired) electrons. The number of H-pyrrole nitrogens is 2. The van der Waals surface area contributed by atoms with Crippen molar-refractivity contribution in [3.63, 3.8) is 0 Å². The Bertz CT molecular complexity index is 1720. The second kappa shape index (κ2) is 12.6. The van der Waals surface area contributed by atoms with Gasteiger partial charge in [0, 0.05) is 12.1 Å². The summed E-state index contributed by atoms with van der Waals surface area (Å²) in [6.45, 7) is 4.08. The molecule has 0 aliphatic carbocycles. The van der Waals surface area contributed by atoms with E-state index in [2.05, 4.69) is 97.9 Å². The van der Waals surface area contributed by atoms with E-state index < -0.39 is 0 Å². The molecule has 1 aliphatic heterocycles. The molecule has 2 aromatic heterocycles. The van der Waals surface area contributed by atoms with Crippen molar-refractivity contribution in [2.75, 3.05) is 26.7 Å². The van der Waals surface area contributed by atoms with Gasteiger partial charge < -0.3 is 20.2 Å². The summed E-state index contributed by atoms with van der Waals surface area (Å²) >= 11 is 0. The van der Waals surface area contributed by atoms with E-state index in [4.69, 9.17) is 0 Å². The fraction of sp³-hybridized carbons (Fsp3) is 0.294. The van der Waals surface area contributed by atoms with Gasteiger partial charge in [0.25, 0.3) is 0 Å². The van der Waals surface area contributed by atoms with Gasteiger partial charge in [0.15, 0.2) is 0 Å². The molecule has 9 heteroatoms. The van der Waals surface area contributed by atoms with E-state index in [0.717, 1.165) is 64.1 Å². The van der Waals surface area contributed by atoms with Crippen LogP contribution in [0.5, 0.6) is 0 Å². The van der Waals surface area contributed by atoms with Crippen LogP contribution in [0, 0.1) is 0 Å². The lowest BCUT2D eigenvalue weighted by atomic mass is 9.98. The number of imidazole rings is 2. The minimum absolute atomic E-state index is 0.0165. The summed E-state index contributed by atoms with van der Waals surface area (Å²) in [4.78, 5) is 43.2. The second-order valence-corrected chi connectivity index (χ2v) is 11.2. The summed E-state index contributed by atoms with van der Waals surface area (Å²) in [6.07, 6.45) is 7.48. The van der Waals surface area contributed by atoms with Gasteiger partial charge in [-0.3, -0.25) is 14.5 Å². The number of hydrogen-bond acceptors (Lipinski definition) is 5. The molecule has 3 aromatic carbocycles. The maximum Gasteiger partial charge on any atom is 0.242 e. The van der Waals surface area contributed by atoms with Crippen molar-refractivity contribution in [3.8, 4) is 33.6 Å². The minimum atomic E-state index is -0.133. The summed E-state index contributed by atoms with van der Waals surface area (Å²) in [7, 11) is 2.16. The molecule has 3 heterocycles.